The Morgan fingerprint density at radius 1 is 1.22 bits per heavy atom. The van der Waals surface area contributed by atoms with E-state index in [-0.39, 0.29) is 32.9 Å². The van der Waals surface area contributed by atoms with Crippen molar-refractivity contribution in [3.8, 4) is 0 Å². The average molecular weight is 423 g/mol. The molecule has 0 spiro atoms. The minimum Gasteiger partial charge on any atom is -0.361 e. The fourth-order valence-corrected chi connectivity index (χ4v) is 1.77. The number of benzene rings is 1. The van der Waals surface area contributed by atoms with Gasteiger partial charge in [0.2, 0.25) is 0 Å². The maximum atomic E-state index is 3.29. The van der Waals surface area contributed by atoms with Crippen LogP contribution in [0.15, 0.2) is 30.6 Å². The summed E-state index contributed by atoms with van der Waals surface area (Å²) < 4.78 is 0. The predicted molar refractivity (Wildman–Crippen MR) is 74.6 cm³/mol. The molecule has 0 bridgehead atoms. The first kappa shape index (κ1) is 17.2. The van der Waals surface area contributed by atoms with E-state index in [1.165, 1.54) is 5.56 Å². The van der Waals surface area contributed by atoms with Crippen molar-refractivity contribution in [1.29, 1.82) is 0 Å². The van der Waals surface area contributed by atoms with Crippen LogP contribution in [0.1, 0.15) is 26.3 Å². The van der Waals surface area contributed by atoms with Crippen LogP contribution in [0.5, 0.6) is 0 Å². The van der Waals surface area contributed by atoms with Gasteiger partial charge >= 0.3 is 0 Å². The Kier molecular flexibility index (Phi) is 6.12. The molecule has 1 aromatic rings. The quantitative estimate of drug-likeness (QED) is 0.640. The Hall–Kier alpha value is -0.791. The minimum atomic E-state index is 0. The van der Waals surface area contributed by atoms with Crippen molar-refractivity contribution in [1.82, 2.24) is 4.90 Å². The van der Waals surface area contributed by atoms with E-state index in [1.807, 2.05) is 6.07 Å². The molecule has 18 heavy (non-hydrogen) atoms. The zero-order valence-electron chi connectivity index (χ0n) is 11.8. The van der Waals surface area contributed by atoms with Crippen LogP contribution in [-0.4, -0.2) is 18.6 Å². The normalized spacial score (nSPS) is 14.2. The molecule has 0 saturated carbocycles. The molecule has 103 valence electrons. The van der Waals surface area contributed by atoms with Crippen LogP contribution < -0.4 is 4.90 Å². The van der Waals surface area contributed by atoms with Gasteiger partial charge in [-0.15, -0.1) is 6.07 Å². The van der Waals surface area contributed by atoms with E-state index in [9.17, 15) is 0 Å². The van der Waals surface area contributed by atoms with E-state index < -0.39 is 0 Å². The van der Waals surface area contributed by atoms with Crippen molar-refractivity contribution in [3.05, 3.63) is 49.7 Å². The van der Waals surface area contributed by atoms with Gasteiger partial charge in [-0.05, 0) is 5.41 Å². The molecule has 1 radical (unpaired) electrons. The maximum Gasteiger partial charge on any atom is 0.0916 e. The molecule has 0 N–H and O–H groups in total. The summed E-state index contributed by atoms with van der Waals surface area (Å²) in [6.07, 6.45) is 4.18. The first-order valence-corrected chi connectivity index (χ1v) is 5.64. The molecule has 0 unspecified atom stereocenters. The van der Waals surface area contributed by atoms with Gasteiger partial charge in [-0.1, -0.05) is 26.5 Å². The summed E-state index contributed by atoms with van der Waals surface area (Å²) in [6, 6.07) is 9.68. The molecule has 1 heterocycles. The van der Waals surface area contributed by atoms with Gasteiger partial charge in [0, 0.05) is 39.6 Å². The summed E-state index contributed by atoms with van der Waals surface area (Å²) in [5, 5.41) is 0. The topological polar surface area (TPSA) is 6.48 Å². The van der Waals surface area contributed by atoms with Crippen molar-refractivity contribution in [2.75, 3.05) is 18.6 Å². The van der Waals surface area contributed by atoms with Gasteiger partial charge in [0.25, 0.3) is 0 Å². The third-order valence-electron chi connectivity index (χ3n) is 2.84. The first-order valence-electron chi connectivity index (χ1n) is 5.64. The molecular formula is C15H22IrN2-2. The van der Waals surface area contributed by atoms with Crippen LogP contribution >= 0.6 is 0 Å². The van der Waals surface area contributed by atoms with Crippen LogP contribution in [0.4, 0.5) is 5.69 Å². The second-order valence-electron chi connectivity index (χ2n) is 5.38. The van der Waals surface area contributed by atoms with E-state index in [1.54, 1.807) is 0 Å². The molecule has 2 rings (SSSR count). The smallest absolute Gasteiger partial charge is 0.0916 e. The van der Waals surface area contributed by atoms with Gasteiger partial charge in [0.1, 0.15) is 0 Å². The standard InChI is InChI=1S/C14H19N2.CH3.Ir/c1-14(2,3)12-6-5-7-13(10-12)16-9-8-15(4)11-16;;/h5-6,8-10H,11H2,1-4H3;1H3;/q2*-1;. The SMILES string of the molecule is CN1C=CN(c2[c-]ccc(C(C)(C)C)c2)C1.[CH3-].[Ir]. The van der Waals surface area contributed by atoms with Crippen molar-refractivity contribution >= 4 is 5.69 Å². The third-order valence-corrected chi connectivity index (χ3v) is 2.84. The third kappa shape index (κ3) is 3.86. The first-order chi connectivity index (χ1) is 7.47. The zero-order valence-corrected chi connectivity index (χ0v) is 14.2. The molecular weight excluding hydrogens is 400 g/mol. The Morgan fingerprint density at radius 3 is 2.39 bits per heavy atom. The predicted octanol–water partition coefficient (Wildman–Crippen LogP) is 3.41. The Balaban J connectivity index is 0.00000144. The molecule has 1 aromatic carbocycles. The molecule has 2 nitrogen and oxygen atoms in total. The van der Waals surface area contributed by atoms with Gasteiger partial charge in [-0.2, -0.15) is 23.8 Å². The molecule has 0 atom stereocenters. The Bertz CT molecular complexity index is 407. The number of hydrogen-bond acceptors (Lipinski definition) is 2. The second-order valence-corrected chi connectivity index (χ2v) is 5.38. The molecule has 0 fully saturated rings. The Morgan fingerprint density at radius 2 is 1.89 bits per heavy atom. The van der Waals surface area contributed by atoms with Crippen LogP contribution in [0.25, 0.3) is 0 Å². The summed E-state index contributed by atoms with van der Waals surface area (Å²) in [7, 11) is 2.07. The van der Waals surface area contributed by atoms with Gasteiger partial charge in [0.05, 0.1) is 6.67 Å². The molecule has 1 aliphatic heterocycles. The van der Waals surface area contributed by atoms with Crippen molar-refractivity contribution in [2.45, 2.75) is 26.2 Å². The van der Waals surface area contributed by atoms with E-state index in [0.29, 0.717) is 0 Å². The number of rotatable bonds is 1. The molecule has 3 heteroatoms. The molecule has 1 aliphatic rings. The van der Waals surface area contributed by atoms with Crippen LogP contribution in [0.2, 0.25) is 0 Å². The van der Waals surface area contributed by atoms with Gasteiger partial charge in [-0.3, -0.25) is 0 Å². The Labute approximate surface area is 125 Å². The summed E-state index contributed by atoms with van der Waals surface area (Å²) in [4.78, 5) is 4.35. The molecule has 0 saturated heterocycles. The van der Waals surface area contributed by atoms with Gasteiger partial charge < -0.3 is 17.2 Å². The van der Waals surface area contributed by atoms with Gasteiger partial charge in [0.15, 0.2) is 0 Å². The van der Waals surface area contributed by atoms with Crippen LogP contribution in [0.3, 0.4) is 0 Å². The maximum absolute atomic E-state index is 3.29. The molecule has 0 aromatic heterocycles. The van der Waals surface area contributed by atoms with E-state index >= 15 is 0 Å². The number of anilines is 1. The monoisotopic (exact) mass is 423 g/mol. The number of hydrogen-bond donors (Lipinski definition) is 0. The van der Waals surface area contributed by atoms with E-state index in [4.69, 9.17) is 0 Å². The van der Waals surface area contributed by atoms with E-state index in [0.717, 1.165) is 12.4 Å². The summed E-state index contributed by atoms with van der Waals surface area (Å²) in [6.45, 7) is 7.61. The van der Waals surface area contributed by atoms with Crippen LogP contribution in [-0.2, 0) is 25.5 Å². The number of nitrogens with zero attached hydrogens (tertiary/aromatic N) is 2. The van der Waals surface area contributed by atoms with Gasteiger partial charge in [-0.25, -0.2) is 0 Å². The largest absolute Gasteiger partial charge is 0.361 e. The summed E-state index contributed by atoms with van der Waals surface area (Å²) in [5.74, 6) is 0. The average Bonchev–Trinajstić information content (AvgIpc) is 2.64. The zero-order chi connectivity index (χ0) is 11.8. The van der Waals surface area contributed by atoms with Crippen LogP contribution in [0, 0.1) is 13.5 Å². The van der Waals surface area contributed by atoms with Crippen molar-refractivity contribution in [3.63, 3.8) is 0 Å². The fraction of sp³-hybridized carbons (Fsp3) is 0.400. The molecule has 0 aliphatic carbocycles. The fourth-order valence-electron chi connectivity index (χ4n) is 1.77. The van der Waals surface area contributed by atoms with Crippen molar-refractivity contribution < 1.29 is 20.1 Å². The van der Waals surface area contributed by atoms with Crippen molar-refractivity contribution in [2.24, 2.45) is 0 Å². The summed E-state index contributed by atoms with van der Waals surface area (Å²) >= 11 is 0. The molecule has 0 amide bonds. The van der Waals surface area contributed by atoms with E-state index in [2.05, 4.69) is 68.2 Å². The summed E-state index contributed by atoms with van der Waals surface area (Å²) in [5.41, 5.74) is 2.69. The minimum absolute atomic E-state index is 0. The second kappa shape index (κ2) is 6.40.